The maximum Gasteiger partial charge on any atom is 0.255 e. The molecule has 0 aromatic heterocycles. The summed E-state index contributed by atoms with van der Waals surface area (Å²) >= 11 is 12.0. The van der Waals surface area contributed by atoms with Gasteiger partial charge in [0.15, 0.2) is 0 Å². The van der Waals surface area contributed by atoms with E-state index < -0.39 is 0 Å². The molecule has 5 heteroatoms. The van der Waals surface area contributed by atoms with E-state index in [0.29, 0.717) is 15.6 Å². The highest BCUT2D eigenvalue weighted by Crippen LogP contribution is 2.43. The summed E-state index contributed by atoms with van der Waals surface area (Å²) < 4.78 is 0. The van der Waals surface area contributed by atoms with Gasteiger partial charge in [-0.05, 0) is 31.0 Å². The van der Waals surface area contributed by atoms with E-state index in [4.69, 9.17) is 23.2 Å². The lowest BCUT2D eigenvalue weighted by atomic mass is 10.1. The Bertz CT molecular complexity index is 500. The van der Waals surface area contributed by atoms with E-state index in [0.717, 1.165) is 32.5 Å². The van der Waals surface area contributed by atoms with Crippen molar-refractivity contribution in [3.05, 3.63) is 33.8 Å². The second-order valence-corrected chi connectivity index (χ2v) is 5.83. The highest BCUT2D eigenvalue weighted by Gasteiger charge is 2.51. The van der Waals surface area contributed by atoms with E-state index in [2.05, 4.69) is 5.32 Å². The molecular formula is C13H14Cl2N2O. The average molecular weight is 285 g/mol. The van der Waals surface area contributed by atoms with Crippen LogP contribution in [0.15, 0.2) is 18.2 Å². The fourth-order valence-electron chi connectivity index (χ4n) is 2.56. The summed E-state index contributed by atoms with van der Waals surface area (Å²) in [6.45, 7) is 2.46. The second-order valence-electron chi connectivity index (χ2n) is 4.98. The average Bonchev–Trinajstić information content (AvgIpc) is 3.12. The Labute approximate surface area is 116 Å². The van der Waals surface area contributed by atoms with E-state index in [1.807, 2.05) is 4.90 Å². The standard InChI is InChI=1S/C13H14Cl2N2O/c14-9-1-2-11(15)10(7-9)12(18)17-6-5-16-8-13(17)3-4-13/h1-2,7,16H,3-6,8H2. The molecule has 0 bridgehead atoms. The zero-order valence-electron chi connectivity index (χ0n) is 9.88. The molecule has 2 aliphatic rings. The zero-order chi connectivity index (χ0) is 12.8. The van der Waals surface area contributed by atoms with Crippen LogP contribution in [-0.4, -0.2) is 36.0 Å². The molecular weight excluding hydrogens is 271 g/mol. The zero-order valence-corrected chi connectivity index (χ0v) is 11.4. The molecule has 1 N–H and O–H groups in total. The number of carbonyl (C=O) groups excluding carboxylic acids is 1. The van der Waals surface area contributed by atoms with Crippen molar-refractivity contribution in [2.45, 2.75) is 18.4 Å². The molecule has 1 spiro atoms. The van der Waals surface area contributed by atoms with Crippen molar-refractivity contribution in [3.8, 4) is 0 Å². The third kappa shape index (κ3) is 2.00. The first-order valence-electron chi connectivity index (χ1n) is 6.10. The number of nitrogens with zero attached hydrogens (tertiary/aromatic N) is 1. The lowest BCUT2D eigenvalue weighted by molar-refractivity contribution is 0.0601. The van der Waals surface area contributed by atoms with Crippen LogP contribution in [0.5, 0.6) is 0 Å². The van der Waals surface area contributed by atoms with Gasteiger partial charge in [0, 0.05) is 24.7 Å². The molecule has 1 aromatic carbocycles. The van der Waals surface area contributed by atoms with Crippen LogP contribution in [-0.2, 0) is 0 Å². The summed E-state index contributed by atoms with van der Waals surface area (Å²) in [6, 6.07) is 5.04. The highest BCUT2D eigenvalue weighted by molar-refractivity contribution is 6.35. The van der Waals surface area contributed by atoms with Crippen molar-refractivity contribution in [2.24, 2.45) is 0 Å². The number of hydrogen-bond donors (Lipinski definition) is 1. The van der Waals surface area contributed by atoms with Crippen LogP contribution in [0.25, 0.3) is 0 Å². The summed E-state index contributed by atoms with van der Waals surface area (Å²) in [6.07, 6.45) is 2.15. The van der Waals surface area contributed by atoms with Gasteiger partial charge in [-0.2, -0.15) is 0 Å². The molecule has 1 aromatic rings. The van der Waals surface area contributed by atoms with Crippen LogP contribution in [0.3, 0.4) is 0 Å². The third-order valence-corrected chi connectivity index (χ3v) is 4.33. The van der Waals surface area contributed by atoms with Crippen LogP contribution in [0.1, 0.15) is 23.2 Å². The van der Waals surface area contributed by atoms with E-state index in [-0.39, 0.29) is 11.4 Å². The quantitative estimate of drug-likeness (QED) is 0.860. The second kappa shape index (κ2) is 4.41. The number of carbonyl (C=O) groups is 1. The number of benzene rings is 1. The number of piperazine rings is 1. The van der Waals surface area contributed by atoms with Gasteiger partial charge >= 0.3 is 0 Å². The smallest absolute Gasteiger partial charge is 0.255 e. The summed E-state index contributed by atoms with van der Waals surface area (Å²) in [5.74, 6) is 0.00139. The predicted molar refractivity (Wildman–Crippen MR) is 72.3 cm³/mol. The molecule has 1 aliphatic heterocycles. The molecule has 0 atom stereocenters. The van der Waals surface area contributed by atoms with E-state index in [9.17, 15) is 4.79 Å². The minimum absolute atomic E-state index is 0.00139. The van der Waals surface area contributed by atoms with Crippen LogP contribution in [0, 0.1) is 0 Å². The fourth-order valence-corrected chi connectivity index (χ4v) is 2.93. The maximum atomic E-state index is 12.6. The number of hydrogen-bond acceptors (Lipinski definition) is 2. The molecule has 1 aliphatic carbocycles. The molecule has 0 unspecified atom stereocenters. The van der Waals surface area contributed by atoms with Crippen molar-refractivity contribution >= 4 is 29.1 Å². The summed E-state index contributed by atoms with van der Waals surface area (Å²) in [5, 5.41) is 4.36. The van der Waals surface area contributed by atoms with Crippen molar-refractivity contribution in [3.63, 3.8) is 0 Å². The van der Waals surface area contributed by atoms with Gasteiger partial charge in [-0.1, -0.05) is 23.2 Å². The minimum atomic E-state index is 0.00139. The molecule has 18 heavy (non-hydrogen) atoms. The summed E-state index contributed by atoms with van der Waals surface area (Å²) in [7, 11) is 0. The largest absolute Gasteiger partial charge is 0.330 e. The Hall–Kier alpha value is -0.770. The Balaban J connectivity index is 1.92. The summed E-state index contributed by atoms with van der Waals surface area (Å²) in [5.41, 5.74) is 0.540. The molecule has 1 heterocycles. The van der Waals surface area contributed by atoms with Crippen LogP contribution < -0.4 is 5.32 Å². The number of rotatable bonds is 1. The van der Waals surface area contributed by atoms with Gasteiger partial charge in [-0.3, -0.25) is 4.79 Å². The molecule has 96 valence electrons. The first-order valence-corrected chi connectivity index (χ1v) is 6.86. The van der Waals surface area contributed by atoms with Crippen molar-refractivity contribution in [1.29, 1.82) is 0 Å². The lowest BCUT2D eigenvalue weighted by Gasteiger charge is -2.37. The fraction of sp³-hybridized carbons (Fsp3) is 0.462. The van der Waals surface area contributed by atoms with Crippen molar-refractivity contribution < 1.29 is 4.79 Å². The highest BCUT2D eigenvalue weighted by atomic mass is 35.5. The van der Waals surface area contributed by atoms with E-state index >= 15 is 0 Å². The molecule has 1 saturated carbocycles. The normalized spacial score (nSPS) is 21.1. The molecule has 2 fully saturated rings. The number of nitrogens with one attached hydrogen (secondary N) is 1. The van der Waals surface area contributed by atoms with Crippen molar-refractivity contribution in [2.75, 3.05) is 19.6 Å². The Kier molecular flexibility index (Phi) is 3.00. The lowest BCUT2D eigenvalue weighted by Crippen LogP contribution is -2.55. The monoisotopic (exact) mass is 284 g/mol. The topological polar surface area (TPSA) is 32.3 Å². The van der Waals surface area contributed by atoms with Crippen LogP contribution in [0.4, 0.5) is 0 Å². The van der Waals surface area contributed by atoms with Gasteiger partial charge in [0.2, 0.25) is 0 Å². The van der Waals surface area contributed by atoms with Gasteiger partial charge in [-0.25, -0.2) is 0 Å². The predicted octanol–water partition coefficient (Wildman–Crippen LogP) is 2.57. The van der Waals surface area contributed by atoms with E-state index in [1.165, 1.54) is 0 Å². The molecule has 1 saturated heterocycles. The first kappa shape index (κ1) is 12.3. The van der Waals surface area contributed by atoms with Gasteiger partial charge in [0.05, 0.1) is 16.1 Å². The SMILES string of the molecule is O=C(c1cc(Cl)ccc1Cl)N1CCNCC12CC2. The van der Waals surface area contributed by atoms with Crippen LogP contribution >= 0.6 is 23.2 Å². The summed E-state index contributed by atoms with van der Waals surface area (Å²) in [4.78, 5) is 14.5. The van der Waals surface area contributed by atoms with Gasteiger partial charge in [0.1, 0.15) is 0 Å². The Morgan fingerprint density at radius 2 is 2.11 bits per heavy atom. The van der Waals surface area contributed by atoms with Crippen molar-refractivity contribution in [1.82, 2.24) is 10.2 Å². The molecule has 0 radical (unpaired) electrons. The van der Waals surface area contributed by atoms with E-state index in [1.54, 1.807) is 18.2 Å². The number of amides is 1. The molecule has 1 amide bonds. The molecule has 3 nitrogen and oxygen atoms in total. The van der Waals surface area contributed by atoms with Crippen LogP contribution in [0.2, 0.25) is 10.0 Å². The minimum Gasteiger partial charge on any atom is -0.330 e. The molecule has 3 rings (SSSR count). The maximum absolute atomic E-state index is 12.6. The van der Waals surface area contributed by atoms with Gasteiger partial charge < -0.3 is 10.2 Å². The van der Waals surface area contributed by atoms with Gasteiger partial charge in [-0.15, -0.1) is 0 Å². The Morgan fingerprint density at radius 3 is 2.83 bits per heavy atom. The third-order valence-electron chi connectivity index (χ3n) is 3.77. The number of halogens is 2. The Morgan fingerprint density at radius 1 is 1.33 bits per heavy atom. The first-order chi connectivity index (χ1) is 8.62. The van der Waals surface area contributed by atoms with Gasteiger partial charge in [0.25, 0.3) is 5.91 Å².